The quantitative estimate of drug-likeness (QED) is 0.0392. The van der Waals surface area contributed by atoms with Gasteiger partial charge in [-0.1, -0.05) is 172 Å². The molecule has 0 aliphatic rings. The molecule has 0 amide bonds. The van der Waals surface area contributed by atoms with E-state index < -0.39 is 6.10 Å². The minimum atomic E-state index is -0.774. The van der Waals surface area contributed by atoms with E-state index in [-0.39, 0.29) is 25.2 Å². The average Bonchev–Trinajstić information content (AvgIpc) is 3.12. The van der Waals surface area contributed by atoms with Crippen molar-refractivity contribution in [3.63, 3.8) is 0 Å². The van der Waals surface area contributed by atoms with Crippen LogP contribution >= 0.6 is 0 Å². The fraction of sp³-hybridized carbons (Fsp3) is 0.822. The molecule has 0 radical (unpaired) electrons. The lowest BCUT2D eigenvalue weighted by Gasteiger charge is -2.15. The largest absolute Gasteiger partial charge is 0.462 e. The number of carbonyl (C=O) groups excluding carboxylic acids is 2. The van der Waals surface area contributed by atoms with E-state index in [9.17, 15) is 14.7 Å². The fourth-order valence-corrected chi connectivity index (χ4v) is 6.11. The summed E-state index contributed by atoms with van der Waals surface area (Å²) in [4.78, 5) is 24.3. The van der Waals surface area contributed by atoms with Crippen LogP contribution in [-0.4, -0.2) is 36.4 Å². The molecule has 0 saturated carbocycles. The molecule has 0 bridgehead atoms. The van der Waals surface area contributed by atoms with Gasteiger partial charge in [-0.2, -0.15) is 0 Å². The summed E-state index contributed by atoms with van der Waals surface area (Å²) in [6.07, 6.45) is 50.6. The maximum atomic E-state index is 12.2. The average molecular weight is 703 g/mol. The lowest BCUT2D eigenvalue weighted by molar-refractivity contribution is -0.161. The molecular formula is C45H82O5. The standard InChI is InChI=1S/C45H82O5/c1-3-5-7-9-11-13-15-17-19-21-22-24-26-28-30-32-34-36-38-40-45(48)50-43(41-46)42-49-44(47)39-37-35-33-31-29-27-25-23-20-18-16-14-12-10-8-6-4-2/h11,13,17-20,43,46H,3-10,12,14-16,21-42H2,1-2H3. The maximum absolute atomic E-state index is 12.2. The highest BCUT2D eigenvalue weighted by Gasteiger charge is 2.16. The summed E-state index contributed by atoms with van der Waals surface area (Å²) in [6, 6.07) is 0. The van der Waals surface area contributed by atoms with E-state index in [0.717, 1.165) is 44.9 Å². The number of esters is 2. The highest BCUT2D eigenvalue weighted by molar-refractivity contribution is 5.70. The lowest BCUT2D eigenvalue weighted by atomic mass is 10.1. The molecule has 0 saturated heterocycles. The molecule has 0 spiro atoms. The zero-order valence-electron chi connectivity index (χ0n) is 33.2. The number of rotatable bonds is 39. The second kappa shape index (κ2) is 41.5. The van der Waals surface area contributed by atoms with Crippen LogP contribution in [0.25, 0.3) is 0 Å². The van der Waals surface area contributed by atoms with E-state index in [2.05, 4.69) is 50.3 Å². The number of aliphatic hydroxyl groups is 1. The van der Waals surface area contributed by atoms with Gasteiger partial charge in [-0.25, -0.2) is 0 Å². The van der Waals surface area contributed by atoms with Crippen LogP contribution in [0.2, 0.25) is 0 Å². The second-order valence-corrected chi connectivity index (χ2v) is 14.4. The number of aliphatic hydroxyl groups excluding tert-OH is 1. The normalized spacial score (nSPS) is 12.5. The van der Waals surface area contributed by atoms with Crippen molar-refractivity contribution in [2.45, 2.75) is 225 Å². The number of allylic oxidation sites excluding steroid dienone is 6. The molecule has 1 atom stereocenters. The van der Waals surface area contributed by atoms with Gasteiger partial charge in [0.2, 0.25) is 0 Å². The van der Waals surface area contributed by atoms with E-state index >= 15 is 0 Å². The van der Waals surface area contributed by atoms with Crippen molar-refractivity contribution in [1.82, 2.24) is 0 Å². The van der Waals surface area contributed by atoms with Gasteiger partial charge in [0, 0.05) is 12.8 Å². The second-order valence-electron chi connectivity index (χ2n) is 14.4. The molecule has 0 heterocycles. The molecule has 292 valence electrons. The molecule has 1 N–H and O–H groups in total. The first-order chi connectivity index (χ1) is 24.6. The third-order valence-electron chi connectivity index (χ3n) is 9.41. The highest BCUT2D eigenvalue weighted by Crippen LogP contribution is 2.14. The van der Waals surface area contributed by atoms with Gasteiger partial charge in [-0.15, -0.1) is 0 Å². The highest BCUT2D eigenvalue weighted by atomic mass is 16.6. The van der Waals surface area contributed by atoms with Gasteiger partial charge in [0.15, 0.2) is 6.10 Å². The van der Waals surface area contributed by atoms with Gasteiger partial charge in [-0.3, -0.25) is 9.59 Å². The molecule has 0 aromatic carbocycles. The zero-order chi connectivity index (χ0) is 36.4. The smallest absolute Gasteiger partial charge is 0.306 e. The molecule has 0 rings (SSSR count). The summed E-state index contributed by atoms with van der Waals surface area (Å²) in [5.41, 5.74) is 0. The molecule has 5 nitrogen and oxygen atoms in total. The summed E-state index contributed by atoms with van der Waals surface area (Å²) in [6.45, 7) is 4.11. The maximum Gasteiger partial charge on any atom is 0.306 e. The summed E-state index contributed by atoms with van der Waals surface area (Å²) in [7, 11) is 0. The van der Waals surface area contributed by atoms with Crippen molar-refractivity contribution >= 4 is 11.9 Å². The molecule has 0 fully saturated rings. The van der Waals surface area contributed by atoms with E-state index in [1.807, 2.05) is 0 Å². The number of hydrogen-bond donors (Lipinski definition) is 1. The predicted octanol–water partition coefficient (Wildman–Crippen LogP) is 13.6. The van der Waals surface area contributed by atoms with E-state index in [4.69, 9.17) is 9.47 Å². The molecule has 1 unspecified atom stereocenters. The van der Waals surface area contributed by atoms with Gasteiger partial charge in [-0.05, 0) is 70.6 Å². The van der Waals surface area contributed by atoms with Crippen LogP contribution in [0.1, 0.15) is 219 Å². The third kappa shape index (κ3) is 38.9. The van der Waals surface area contributed by atoms with Crippen molar-refractivity contribution < 1.29 is 24.2 Å². The topological polar surface area (TPSA) is 72.8 Å². The summed E-state index contributed by atoms with van der Waals surface area (Å²) in [5.74, 6) is -0.595. The Bertz CT molecular complexity index is 801. The SMILES string of the molecule is CCCCCC=CCC=CCCCCCCCCCCCC(=O)OC(CO)COC(=O)CCCCCCCCCC=CCCCCCCCC. The molecule has 0 aliphatic carbocycles. The van der Waals surface area contributed by atoms with Crippen LogP contribution in [0, 0.1) is 0 Å². The minimum absolute atomic E-state index is 0.0682. The zero-order valence-corrected chi connectivity index (χ0v) is 33.2. The van der Waals surface area contributed by atoms with E-state index in [0.29, 0.717) is 12.8 Å². The number of unbranched alkanes of at least 4 members (excludes halogenated alkanes) is 25. The molecule has 0 aromatic rings. The monoisotopic (exact) mass is 703 g/mol. The minimum Gasteiger partial charge on any atom is -0.462 e. The fourth-order valence-electron chi connectivity index (χ4n) is 6.11. The van der Waals surface area contributed by atoms with Gasteiger partial charge in [0.05, 0.1) is 6.61 Å². The number of hydrogen-bond acceptors (Lipinski definition) is 5. The van der Waals surface area contributed by atoms with Crippen LogP contribution < -0.4 is 0 Å². The van der Waals surface area contributed by atoms with E-state index in [1.165, 1.54) is 148 Å². The Morgan fingerprint density at radius 1 is 0.460 bits per heavy atom. The Hall–Kier alpha value is -1.88. The summed E-state index contributed by atoms with van der Waals surface area (Å²) < 4.78 is 10.6. The Labute approximate surface area is 310 Å². The number of carbonyl (C=O) groups is 2. The Balaban J connectivity index is 3.54. The van der Waals surface area contributed by atoms with Crippen molar-refractivity contribution in [3.8, 4) is 0 Å². The molecule has 5 heteroatoms. The van der Waals surface area contributed by atoms with Gasteiger partial charge in [0.1, 0.15) is 6.61 Å². The lowest BCUT2D eigenvalue weighted by Crippen LogP contribution is -2.28. The first-order valence-corrected chi connectivity index (χ1v) is 21.5. The van der Waals surface area contributed by atoms with Crippen LogP contribution in [-0.2, 0) is 19.1 Å². The van der Waals surface area contributed by atoms with Crippen LogP contribution in [0.3, 0.4) is 0 Å². The van der Waals surface area contributed by atoms with Crippen LogP contribution in [0.5, 0.6) is 0 Å². The summed E-state index contributed by atoms with van der Waals surface area (Å²) in [5, 5.41) is 9.58. The van der Waals surface area contributed by atoms with Crippen molar-refractivity contribution in [1.29, 1.82) is 0 Å². The number of ether oxygens (including phenoxy) is 2. The molecule has 50 heavy (non-hydrogen) atoms. The Morgan fingerprint density at radius 2 is 0.800 bits per heavy atom. The van der Waals surface area contributed by atoms with Gasteiger partial charge in [0.25, 0.3) is 0 Å². The predicted molar refractivity (Wildman–Crippen MR) is 214 cm³/mol. The van der Waals surface area contributed by atoms with Crippen LogP contribution in [0.4, 0.5) is 0 Å². The Kier molecular flexibility index (Phi) is 40.0. The first-order valence-electron chi connectivity index (χ1n) is 21.5. The van der Waals surface area contributed by atoms with Crippen molar-refractivity contribution in [2.75, 3.05) is 13.2 Å². The van der Waals surface area contributed by atoms with Crippen molar-refractivity contribution in [3.05, 3.63) is 36.5 Å². The van der Waals surface area contributed by atoms with Crippen molar-refractivity contribution in [2.24, 2.45) is 0 Å². The Morgan fingerprint density at radius 3 is 1.24 bits per heavy atom. The van der Waals surface area contributed by atoms with Crippen LogP contribution in [0.15, 0.2) is 36.5 Å². The van der Waals surface area contributed by atoms with E-state index in [1.54, 1.807) is 0 Å². The van der Waals surface area contributed by atoms with Gasteiger partial charge >= 0.3 is 11.9 Å². The molecule has 0 aromatic heterocycles. The molecule has 0 aliphatic heterocycles. The molecular weight excluding hydrogens is 620 g/mol. The first kappa shape index (κ1) is 48.1. The third-order valence-corrected chi connectivity index (χ3v) is 9.41. The van der Waals surface area contributed by atoms with Gasteiger partial charge < -0.3 is 14.6 Å². The summed E-state index contributed by atoms with van der Waals surface area (Å²) >= 11 is 0.